The monoisotopic (exact) mass is 469 g/mol. The molecule has 4 rings (SSSR count). The van der Waals surface area contributed by atoms with Gasteiger partial charge in [0.05, 0.1) is 24.8 Å². The Balaban J connectivity index is 1.34. The number of aryl methyl sites for hydroxylation is 1. The quantitative estimate of drug-likeness (QED) is 0.685. The summed E-state index contributed by atoms with van der Waals surface area (Å²) in [6.07, 6.45) is 2.84. The van der Waals surface area contributed by atoms with E-state index in [0.29, 0.717) is 36.7 Å². The number of likely N-dealkylation sites (tertiary alicyclic amines) is 1. The van der Waals surface area contributed by atoms with Crippen molar-refractivity contribution >= 4 is 29.4 Å². The first-order valence-electron chi connectivity index (χ1n) is 11.3. The predicted molar refractivity (Wildman–Crippen MR) is 131 cm³/mol. The van der Waals surface area contributed by atoms with Crippen LogP contribution < -0.4 is 14.8 Å². The highest BCUT2D eigenvalue weighted by molar-refractivity contribution is 8.00. The lowest BCUT2D eigenvalue weighted by atomic mass is 10.0. The number of piperidine rings is 1. The van der Waals surface area contributed by atoms with Crippen molar-refractivity contribution in [2.75, 3.05) is 44.9 Å². The van der Waals surface area contributed by atoms with Crippen molar-refractivity contribution in [2.24, 2.45) is 0 Å². The zero-order valence-electron chi connectivity index (χ0n) is 19.2. The topological polar surface area (TPSA) is 71.1 Å². The first-order chi connectivity index (χ1) is 16.0. The van der Waals surface area contributed by atoms with Gasteiger partial charge in [-0.1, -0.05) is 30.3 Å². The van der Waals surface area contributed by atoms with E-state index in [-0.39, 0.29) is 16.8 Å². The largest absolute Gasteiger partial charge is 0.497 e. The van der Waals surface area contributed by atoms with E-state index in [1.165, 1.54) is 5.56 Å². The summed E-state index contributed by atoms with van der Waals surface area (Å²) in [5, 5.41) is 2.95. The van der Waals surface area contributed by atoms with Crippen LogP contribution in [0.15, 0.2) is 48.5 Å². The van der Waals surface area contributed by atoms with E-state index in [1.54, 1.807) is 32.4 Å². The van der Waals surface area contributed by atoms with Crippen LogP contribution in [0.4, 0.5) is 10.5 Å². The molecule has 0 atom stereocenters. The van der Waals surface area contributed by atoms with E-state index >= 15 is 0 Å². The second-order valence-corrected chi connectivity index (χ2v) is 9.77. The van der Waals surface area contributed by atoms with Crippen LogP contribution in [-0.2, 0) is 11.2 Å². The number of ether oxygens (including phenoxy) is 2. The minimum atomic E-state index is -0.192. The average molecular weight is 470 g/mol. The smallest absolute Gasteiger partial charge is 0.321 e. The third kappa shape index (κ3) is 5.21. The molecular formula is C25H31N3O4S. The summed E-state index contributed by atoms with van der Waals surface area (Å²) in [7, 11) is 3.16. The van der Waals surface area contributed by atoms with Gasteiger partial charge in [0.2, 0.25) is 5.91 Å². The maximum atomic E-state index is 13.1. The van der Waals surface area contributed by atoms with Gasteiger partial charge < -0.3 is 24.6 Å². The predicted octanol–water partition coefficient (Wildman–Crippen LogP) is 4.24. The number of hydrogen-bond donors (Lipinski definition) is 1. The summed E-state index contributed by atoms with van der Waals surface area (Å²) in [5.41, 5.74) is 1.80. The number of rotatable bonds is 6. The van der Waals surface area contributed by atoms with Gasteiger partial charge in [0.15, 0.2) is 0 Å². The molecule has 2 aliphatic rings. The van der Waals surface area contributed by atoms with Crippen LogP contribution in [0.3, 0.4) is 0 Å². The molecule has 2 heterocycles. The van der Waals surface area contributed by atoms with Gasteiger partial charge in [-0.05, 0) is 37.0 Å². The molecule has 0 radical (unpaired) electrons. The van der Waals surface area contributed by atoms with Gasteiger partial charge >= 0.3 is 6.03 Å². The zero-order chi connectivity index (χ0) is 23.3. The van der Waals surface area contributed by atoms with Crippen LogP contribution >= 0.6 is 11.8 Å². The summed E-state index contributed by atoms with van der Waals surface area (Å²) >= 11 is 1.86. The van der Waals surface area contributed by atoms with Crippen LogP contribution in [0.1, 0.15) is 24.8 Å². The number of carbonyl (C=O) groups is 2. The number of methoxy groups -OCH3 is 2. The highest BCUT2D eigenvalue weighted by Crippen LogP contribution is 2.44. The molecule has 0 aliphatic carbocycles. The van der Waals surface area contributed by atoms with Gasteiger partial charge in [-0.2, -0.15) is 0 Å². The number of anilines is 1. The van der Waals surface area contributed by atoms with E-state index in [1.807, 2.05) is 34.9 Å². The highest BCUT2D eigenvalue weighted by Gasteiger charge is 2.46. The Hall–Kier alpha value is -2.87. The van der Waals surface area contributed by atoms with Crippen molar-refractivity contribution in [1.82, 2.24) is 9.80 Å². The van der Waals surface area contributed by atoms with Gasteiger partial charge in [-0.25, -0.2) is 4.79 Å². The van der Waals surface area contributed by atoms with E-state index < -0.39 is 0 Å². The summed E-state index contributed by atoms with van der Waals surface area (Å²) in [6, 6.07) is 15.3. The number of benzene rings is 2. The number of nitrogens with one attached hydrogen (secondary N) is 1. The lowest BCUT2D eigenvalue weighted by Crippen LogP contribution is -2.54. The summed E-state index contributed by atoms with van der Waals surface area (Å²) < 4.78 is 10.6. The summed E-state index contributed by atoms with van der Waals surface area (Å²) in [4.78, 5) is 29.7. The molecule has 0 unspecified atom stereocenters. The molecule has 2 saturated heterocycles. The molecule has 33 heavy (non-hydrogen) atoms. The molecule has 2 aromatic carbocycles. The molecule has 2 fully saturated rings. The number of thioether (sulfide) groups is 1. The third-order valence-corrected chi connectivity index (χ3v) is 7.98. The Morgan fingerprint density at radius 1 is 1.03 bits per heavy atom. The Morgan fingerprint density at radius 2 is 1.79 bits per heavy atom. The first kappa shape index (κ1) is 23.3. The number of amides is 3. The highest BCUT2D eigenvalue weighted by atomic mass is 32.2. The van der Waals surface area contributed by atoms with Crippen LogP contribution in [0, 0.1) is 0 Å². The minimum absolute atomic E-state index is 0.154. The van der Waals surface area contributed by atoms with Gasteiger partial charge in [0, 0.05) is 37.9 Å². The second kappa shape index (κ2) is 10.4. The van der Waals surface area contributed by atoms with E-state index in [0.717, 1.165) is 31.6 Å². The van der Waals surface area contributed by atoms with Gasteiger partial charge in [-0.3, -0.25) is 4.79 Å². The molecule has 2 aliphatic heterocycles. The summed E-state index contributed by atoms with van der Waals surface area (Å²) in [6.45, 7) is 2.01. The van der Waals surface area contributed by atoms with Gasteiger partial charge in [0.1, 0.15) is 11.5 Å². The van der Waals surface area contributed by atoms with Crippen LogP contribution in [0.2, 0.25) is 0 Å². The Kier molecular flexibility index (Phi) is 7.33. The molecule has 2 aromatic rings. The fraction of sp³-hybridized carbons (Fsp3) is 0.440. The standard InChI is InChI=1S/C25H31N3O4S/c1-31-20-9-10-21(22(18-20)32-2)26-24(30)27-14-12-25(13-15-27)28(16-17-33-25)23(29)11-8-19-6-4-3-5-7-19/h3-7,9-10,18H,8,11-17H2,1-2H3,(H,26,30). The van der Waals surface area contributed by atoms with Crippen molar-refractivity contribution in [3.63, 3.8) is 0 Å². The Labute approximate surface area is 199 Å². The van der Waals surface area contributed by atoms with E-state index in [9.17, 15) is 9.59 Å². The molecule has 176 valence electrons. The molecule has 1 spiro atoms. The van der Waals surface area contributed by atoms with Gasteiger partial charge in [-0.15, -0.1) is 11.8 Å². The fourth-order valence-corrected chi connectivity index (χ4v) is 6.03. The second-order valence-electron chi connectivity index (χ2n) is 8.31. The normalized spacial score (nSPS) is 17.2. The Bertz CT molecular complexity index is 977. The molecule has 1 N–H and O–H groups in total. The van der Waals surface area contributed by atoms with E-state index in [4.69, 9.17) is 9.47 Å². The molecular weight excluding hydrogens is 438 g/mol. The SMILES string of the molecule is COc1ccc(NC(=O)N2CCC3(CC2)SCCN3C(=O)CCc2ccccc2)c(OC)c1. The van der Waals surface area contributed by atoms with Crippen molar-refractivity contribution in [3.8, 4) is 11.5 Å². The van der Waals surface area contributed by atoms with Crippen LogP contribution in [0.25, 0.3) is 0 Å². The zero-order valence-corrected chi connectivity index (χ0v) is 20.0. The first-order valence-corrected chi connectivity index (χ1v) is 12.3. The molecule has 0 bridgehead atoms. The van der Waals surface area contributed by atoms with Crippen molar-refractivity contribution < 1.29 is 19.1 Å². The maximum Gasteiger partial charge on any atom is 0.321 e. The minimum Gasteiger partial charge on any atom is -0.497 e. The molecule has 8 heteroatoms. The average Bonchev–Trinajstić information content (AvgIpc) is 3.26. The molecule has 7 nitrogen and oxygen atoms in total. The van der Waals surface area contributed by atoms with Crippen LogP contribution in [-0.4, -0.2) is 66.2 Å². The fourth-order valence-electron chi connectivity index (χ4n) is 4.56. The van der Waals surface area contributed by atoms with Crippen molar-refractivity contribution in [2.45, 2.75) is 30.6 Å². The van der Waals surface area contributed by atoms with Crippen molar-refractivity contribution in [1.29, 1.82) is 0 Å². The molecule has 3 amide bonds. The van der Waals surface area contributed by atoms with Crippen molar-refractivity contribution in [3.05, 3.63) is 54.1 Å². The molecule has 0 aromatic heterocycles. The van der Waals surface area contributed by atoms with Gasteiger partial charge in [0.25, 0.3) is 0 Å². The lowest BCUT2D eigenvalue weighted by Gasteiger charge is -2.44. The third-order valence-electron chi connectivity index (χ3n) is 6.43. The number of carbonyl (C=O) groups excluding carboxylic acids is 2. The number of nitrogens with zero attached hydrogens (tertiary/aromatic N) is 2. The maximum absolute atomic E-state index is 13.1. The molecule has 0 saturated carbocycles. The summed E-state index contributed by atoms with van der Waals surface area (Å²) in [5.74, 6) is 2.38. The Morgan fingerprint density at radius 3 is 2.48 bits per heavy atom. The number of urea groups is 1. The van der Waals surface area contributed by atoms with Crippen LogP contribution in [0.5, 0.6) is 11.5 Å². The lowest BCUT2D eigenvalue weighted by molar-refractivity contribution is -0.134. The number of hydrogen-bond acceptors (Lipinski definition) is 5. The van der Waals surface area contributed by atoms with E-state index in [2.05, 4.69) is 22.3 Å².